The van der Waals surface area contributed by atoms with Gasteiger partial charge >= 0.3 is 0 Å². The summed E-state index contributed by atoms with van der Waals surface area (Å²) in [6, 6.07) is 16.1. The zero-order valence-electron chi connectivity index (χ0n) is 15.9. The molecule has 1 saturated heterocycles. The summed E-state index contributed by atoms with van der Waals surface area (Å²) >= 11 is 5.94. The van der Waals surface area contributed by atoms with Gasteiger partial charge in [0.05, 0.1) is 12.8 Å². The highest BCUT2D eigenvalue weighted by Crippen LogP contribution is 2.28. The number of halogens is 1. The van der Waals surface area contributed by atoms with Gasteiger partial charge in [0.1, 0.15) is 11.8 Å². The van der Waals surface area contributed by atoms with Crippen LogP contribution >= 0.6 is 11.6 Å². The maximum Gasteiger partial charge on any atom is 0.277 e. The molecule has 2 N–H and O–H groups in total. The predicted octanol–water partition coefficient (Wildman–Crippen LogP) is 2.32. The second kappa shape index (κ2) is 9.11. The number of piperazine rings is 1. The summed E-state index contributed by atoms with van der Waals surface area (Å²) in [6.45, 7) is 5.67. The van der Waals surface area contributed by atoms with Crippen molar-refractivity contribution in [2.45, 2.75) is 13.0 Å². The standard InChI is InChI=1S/C21H26ClN3O2/c1-16(17-7-9-18(22)10-8-17)23-15-21(26)25-13-11-24(12-14-25)19-5-3-4-6-20(19)27-2/h3-10,16,23H,11-15H2,1-2H3/p+1/t16-/m1/s1. The molecule has 1 aliphatic rings. The van der Waals surface area contributed by atoms with Crippen molar-refractivity contribution in [1.82, 2.24) is 4.90 Å². The number of carbonyl (C=O) groups excluding carboxylic acids is 1. The molecule has 2 aromatic rings. The number of hydrogen-bond donors (Lipinski definition) is 1. The highest BCUT2D eigenvalue weighted by atomic mass is 35.5. The minimum Gasteiger partial charge on any atom is -0.495 e. The molecule has 0 radical (unpaired) electrons. The number of nitrogens with two attached hydrogens (primary N) is 1. The second-order valence-electron chi connectivity index (χ2n) is 6.82. The molecule has 1 heterocycles. The lowest BCUT2D eigenvalue weighted by molar-refractivity contribution is -0.683. The number of quaternary nitrogens is 1. The van der Waals surface area contributed by atoms with Crippen molar-refractivity contribution in [3.8, 4) is 5.75 Å². The molecule has 1 amide bonds. The fourth-order valence-corrected chi connectivity index (χ4v) is 3.52. The van der Waals surface area contributed by atoms with Gasteiger partial charge in [0.15, 0.2) is 6.54 Å². The Bertz CT molecular complexity index is 758. The van der Waals surface area contributed by atoms with Crippen molar-refractivity contribution in [1.29, 1.82) is 0 Å². The molecule has 144 valence electrons. The van der Waals surface area contributed by atoms with E-state index in [2.05, 4.69) is 23.2 Å². The number of methoxy groups -OCH3 is 1. The average Bonchev–Trinajstić information content (AvgIpc) is 2.72. The zero-order valence-corrected chi connectivity index (χ0v) is 16.7. The van der Waals surface area contributed by atoms with Crippen molar-refractivity contribution >= 4 is 23.2 Å². The lowest BCUT2D eigenvalue weighted by Gasteiger charge is -2.36. The fourth-order valence-electron chi connectivity index (χ4n) is 3.40. The third-order valence-electron chi connectivity index (χ3n) is 5.10. The summed E-state index contributed by atoms with van der Waals surface area (Å²) in [4.78, 5) is 16.8. The van der Waals surface area contributed by atoms with Crippen molar-refractivity contribution in [2.75, 3.05) is 44.7 Å². The Morgan fingerprint density at radius 1 is 1.11 bits per heavy atom. The number of amides is 1. The minimum atomic E-state index is 0.190. The molecular weight excluding hydrogens is 362 g/mol. The van der Waals surface area contributed by atoms with E-state index in [0.717, 1.165) is 42.6 Å². The lowest BCUT2D eigenvalue weighted by atomic mass is 10.1. The number of carbonyl (C=O) groups is 1. The van der Waals surface area contributed by atoms with E-state index in [9.17, 15) is 4.79 Å². The van der Waals surface area contributed by atoms with Crippen LogP contribution in [-0.2, 0) is 4.79 Å². The van der Waals surface area contributed by atoms with Crippen LogP contribution < -0.4 is 15.0 Å². The van der Waals surface area contributed by atoms with Crippen LogP contribution in [0.3, 0.4) is 0 Å². The van der Waals surface area contributed by atoms with Gasteiger partial charge in [-0.05, 0) is 31.2 Å². The van der Waals surface area contributed by atoms with Crippen molar-refractivity contribution in [3.05, 3.63) is 59.1 Å². The van der Waals surface area contributed by atoms with Gasteiger partial charge in [0.2, 0.25) is 0 Å². The van der Waals surface area contributed by atoms with Crippen LogP contribution in [0.4, 0.5) is 5.69 Å². The molecule has 0 aliphatic carbocycles. The van der Waals surface area contributed by atoms with E-state index in [1.165, 1.54) is 5.56 Å². The molecule has 0 saturated carbocycles. The Kier molecular flexibility index (Phi) is 6.58. The van der Waals surface area contributed by atoms with Crippen LogP contribution in [0.1, 0.15) is 18.5 Å². The van der Waals surface area contributed by atoms with Gasteiger partial charge in [0, 0.05) is 36.8 Å². The Morgan fingerprint density at radius 3 is 2.44 bits per heavy atom. The smallest absolute Gasteiger partial charge is 0.277 e. The summed E-state index contributed by atoms with van der Waals surface area (Å²) in [7, 11) is 1.69. The number of para-hydroxylation sites is 2. The molecule has 0 spiro atoms. The average molecular weight is 389 g/mol. The molecule has 1 aliphatic heterocycles. The molecule has 5 nitrogen and oxygen atoms in total. The topological polar surface area (TPSA) is 49.4 Å². The van der Waals surface area contributed by atoms with Crippen LogP contribution in [0, 0.1) is 0 Å². The minimum absolute atomic E-state index is 0.190. The Balaban J connectivity index is 1.49. The van der Waals surface area contributed by atoms with Gasteiger partial charge in [-0.3, -0.25) is 4.79 Å². The first kappa shape index (κ1) is 19.5. The summed E-state index contributed by atoms with van der Waals surface area (Å²) in [6.07, 6.45) is 0. The highest BCUT2D eigenvalue weighted by molar-refractivity contribution is 6.30. The highest BCUT2D eigenvalue weighted by Gasteiger charge is 2.24. The SMILES string of the molecule is COc1ccccc1N1CCN(C(=O)C[NH2+][C@H](C)c2ccc(Cl)cc2)CC1. The van der Waals surface area contributed by atoms with E-state index in [1.807, 2.05) is 47.4 Å². The number of benzene rings is 2. The van der Waals surface area contributed by atoms with E-state index in [4.69, 9.17) is 16.3 Å². The maximum absolute atomic E-state index is 12.6. The summed E-state index contributed by atoms with van der Waals surface area (Å²) in [5.74, 6) is 1.07. The van der Waals surface area contributed by atoms with Crippen LogP contribution in [0.2, 0.25) is 5.02 Å². The van der Waals surface area contributed by atoms with Crippen molar-refractivity contribution in [3.63, 3.8) is 0 Å². The first-order valence-electron chi connectivity index (χ1n) is 9.33. The van der Waals surface area contributed by atoms with Gasteiger partial charge in [-0.15, -0.1) is 0 Å². The molecule has 0 unspecified atom stereocenters. The van der Waals surface area contributed by atoms with Gasteiger partial charge in [0.25, 0.3) is 5.91 Å². The number of rotatable bonds is 6. The Labute approximate surface area is 165 Å². The normalized spacial score (nSPS) is 15.5. The number of ether oxygens (including phenoxy) is 1. The fraction of sp³-hybridized carbons (Fsp3) is 0.381. The van der Waals surface area contributed by atoms with E-state index in [1.54, 1.807) is 7.11 Å². The number of hydrogen-bond acceptors (Lipinski definition) is 3. The third kappa shape index (κ3) is 4.93. The first-order valence-corrected chi connectivity index (χ1v) is 9.71. The van der Waals surface area contributed by atoms with E-state index >= 15 is 0 Å². The van der Waals surface area contributed by atoms with Crippen molar-refractivity contribution in [2.24, 2.45) is 0 Å². The van der Waals surface area contributed by atoms with Crippen molar-refractivity contribution < 1.29 is 14.8 Å². The maximum atomic E-state index is 12.6. The van der Waals surface area contributed by atoms with E-state index in [-0.39, 0.29) is 11.9 Å². The summed E-state index contributed by atoms with van der Waals surface area (Å²) < 4.78 is 5.45. The molecule has 2 aromatic carbocycles. The van der Waals surface area contributed by atoms with Crippen LogP contribution in [0.15, 0.2) is 48.5 Å². The Hall–Kier alpha value is -2.24. The first-order chi connectivity index (χ1) is 13.1. The molecule has 0 bridgehead atoms. The molecule has 27 heavy (non-hydrogen) atoms. The summed E-state index contributed by atoms with van der Waals surface area (Å²) in [5, 5.41) is 2.81. The van der Waals surface area contributed by atoms with Crippen LogP contribution in [0.25, 0.3) is 0 Å². The summed E-state index contributed by atoms with van der Waals surface area (Å²) in [5.41, 5.74) is 2.27. The number of nitrogens with zero attached hydrogens (tertiary/aromatic N) is 2. The molecule has 6 heteroatoms. The second-order valence-corrected chi connectivity index (χ2v) is 7.26. The number of anilines is 1. The monoisotopic (exact) mass is 388 g/mol. The molecule has 3 rings (SSSR count). The zero-order chi connectivity index (χ0) is 19.2. The third-order valence-corrected chi connectivity index (χ3v) is 5.35. The van der Waals surface area contributed by atoms with Crippen LogP contribution in [0.5, 0.6) is 5.75 Å². The molecule has 1 fully saturated rings. The predicted molar refractivity (Wildman–Crippen MR) is 108 cm³/mol. The van der Waals surface area contributed by atoms with E-state index in [0.29, 0.717) is 6.54 Å². The largest absolute Gasteiger partial charge is 0.495 e. The van der Waals surface area contributed by atoms with Gasteiger partial charge in [-0.25, -0.2) is 0 Å². The lowest BCUT2D eigenvalue weighted by Crippen LogP contribution is -2.87. The Morgan fingerprint density at radius 2 is 1.78 bits per heavy atom. The molecule has 1 atom stereocenters. The molecule has 0 aromatic heterocycles. The quantitative estimate of drug-likeness (QED) is 0.826. The van der Waals surface area contributed by atoms with Gasteiger partial charge in [-0.1, -0.05) is 35.9 Å². The van der Waals surface area contributed by atoms with E-state index < -0.39 is 0 Å². The van der Waals surface area contributed by atoms with Crippen LogP contribution in [-0.4, -0.2) is 50.6 Å². The van der Waals surface area contributed by atoms with Gasteiger partial charge in [-0.2, -0.15) is 0 Å². The molecular formula is C21H27ClN3O2+. The van der Waals surface area contributed by atoms with Gasteiger partial charge < -0.3 is 19.9 Å².